The van der Waals surface area contributed by atoms with Gasteiger partial charge in [0.2, 0.25) is 5.91 Å². The molecule has 2 heterocycles. The van der Waals surface area contributed by atoms with Gasteiger partial charge in [-0.05, 0) is 52.2 Å². The molecular formula is C16H25N3O2. The minimum absolute atomic E-state index is 0.00245. The van der Waals surface area contributed by atoms with Gasteiger partial charge in [-0.25, -0.2) is 0 Å². The van der Waals surface area contributed by atoms with E-state index in [1.165, 1.54) is 0 Å². The third kappa shape index (κ3) is 3.65. The van der Waals surface area contributed by atoms with Gasteiger partial charge in [-0.15, -0.1) is 0 Å². The van der Waals surface area contributed by atoms with Crippen molar-refractivity contribution in [3.05, 3.63) is 23.0 Å². The molecule has 21 heavy (non-hydrogen) atoms. The molecule has 0 saturated carbocycles. The smallest absolute Gasteiger partial charge is 0.270 e. The summed E-state index contributed by atoms with van der Waals surface area (Å²) >= 11 is 0. The Morgan fingerprint density at radius 3 is 2.67 bits per heavy atom. The van der Waals surface area contributed by atoms with Crippen molar-refractivity contribution in [1.29, 1.82) is 0 Å². The van der Waals surface area contributed by atoms with Gasteiger partial charge in [-0.3, -0.25) is 9.59 Å². The molecule has 116 valence electrons. The maximum atomic E-state index is 12.6. The van der Waals surface area contributed by atoms with Crippen LogP contribution in [-0.2, 0) is 4.79 Å². The van der Waals surface area contributed by atoms with Crippen LogP contribution < -0.4 is 5.32 Å². The second-order valence-electron chi connectivity index (χ2n) is 6.26. The number of amides is 2. The molecule has 5 nitrogen and oxygen atoms in total. The minimum Gasteiger partial charge on any atom is -0.354 e. The number of aromatic nitrogens is 1. The SMILES string of the molecule is Cc1cc(C)c(C(=O)N2CCC[C@@H](C(=O)NC(C)C)C2)[nH]1. The number of aromatic amines is 1. The predicted octanol–water partition coefficient (Wildman–Crippen LogP) is 2.01. The second kappa shape index (κ2) is 6.33. The number of hydrogen-bond acceptors (Lipinski definition) is 2. The van der Waals surface area contributed by atoms with E-state index in [0.717, 1.165) is 30.6 Å². The van der Waals surface area contributed by atoms with Crippen LogP contribution in [0.1, 0.15) is 48.4 Å². The maximum Gasteiger partial charge on any atom is 0.270 e. The fourth-order valence-electron chi connectivity index (χ4n) is 2.89. The van der Waals surface area contributed by atoms with Crippen LogP contribution in [-0.4, -0.2) is 40.8 Å². The third-order valence-electron chi connectivity index (χ3n) is 3.87. The van der Waals surface area contributed by atoms with E-state index in [-0.39, 0.29) is 23.8 Å². The highest BCUT2D eigenvalue weighted by Gasteiger charge is 2.30. The van der Waals surface area contributed by atoms with Crippen molar-refractivity contribution >= 4 is 11.8 Å². The summed E-state index contributed by atoms with van der Waals surface area (Å²) in [6, 6.07) is 2.11. The number of likely N-dealkylation sites (tertiary alicyclic amines) is 1. The number of aryl methyl sites for hydroxylation is 2. The molecule has 1 saturated heterocycles. The Hall–Kier alpha value is -1.78. The summed E-state index contributed by atoms with van der Waals surface area (Å²) in [6.45, 7) is 9.02. The Balaban J connectivity index is 2.05. The molecule has 2 amide bonds. The lowest BCUT2D eigenvalue weighted by Crippen LogP contribution is -2.46. The first-order valence-electron chi connectivity index (χ1n) is 7.64. The zero-order valence-corrected chi connectivity index (χ0v) is 13.3. The van der Waals surface area contributed by atoms with Crippen molar-refractivity contribution in [2.75, 3.05) is 13.1 Å². The molecule has 0 radical (unpaired) electrons. The molecule has 0 aliphatic carbocycles. The van der Waals surface area contributed by atoms with Gasteiger partial charge in [0.05, 0.1) is 5.92 Å². The molecule has 1 atom stereocenters. The van der Waals surface area contributed by atoms with Gasteiger partial charge in [-0.2, -0.15) is 0 Å². The fraction of sp³-hybridized carbons (Fsp3) is 0.625. The Morgan fingerprint density at radius 1 is 1.38 bits per heavy atom. The van der Waals surface area contributed by atoms with E-state index in [4.69, 9.17) is 0 Å². The first kappa shape index (κ1) is 15.6. The predicted molar refractivity (Wildman–Crippen MR) is 82.2 cm³/mol. The van der Waals surface area contributed by atoms with Gasteiger partial charge < -0.3 is 15.2 Å². The Bertz CT molecular complexity index is 534. The third-order valence-corrected chi connectivity index (χ3v) is 3.87. The average Bonchev–Trinajstić information content (AvgIpc) is 2.76. The average molecular weight is 291 g/mol. The molecule has 5 heteroatoms. The van der Waals surface area contributed by atoms with Crippen LogP contribution in [0, 0.1) is 19.8 Å². The van der Waals surface area contributed by atoms with Crippen LogP contribution in [0.4, 0.5) is 0 Å². The number of nitrogens with one attached hydrogen (secondary N) is 2. The van der Waals surface area contributed by atoms with Crippen molar-refractivity contribution in [3.8, 4) is 0 Å². The normalized spacial score (nSPS) is 18.9. The zero-order chi connectivity index (χ0) is 15.6. The molecule has 2 N–H and O–H groups in total. The second-order valence-corrected chi connectivity index (χ2v) is 6.26. The van der Waals surface area contributed by atoms with E-state index < -0.39 is 0 Å². The summed E-state index contributed by atoms with van der Waals surface area (Å²) in [6.07, 6.45) is 1.73. The molecule has 1 aliphatic rings. The molecule has 1 aromatic rings. The molecular weight excluding hydrogens is 266 g/mol. The number of hydrogen-bond donors (Lipinski definition) is 2. The number of H-pyrrole nitrogens is 1. The van der Waals surface area contributed by atoms with Gasteiger partial charge in [0.25, 0.3) is 5.91 Å². The van der Waals surface area contributed by atoms with E-state index in [0.29, 0.717) is 12.2 Å². The highest BCUT2D eigenvalue weighted by Crippen LogP contribution is 2.20. The summed E-state index contributed by atoms with van der Waals surface area (Å²) in [5.41, 5.74) is 2.60. The molecule has 1 fully saturated rings. The Kier molecular flexibility index (Phi) is 4.70. The highest BCUT2D eigenvalue weighted by atomic mass is 16.2. The number of carbonyl (C=O) groups is 2. The maximum absolute atomic E-state index is 12.6. The van der Waals surface area contributed by atoms with E-state index in [2.05, 4.69) is 10.3 Å². The Morgan fingerprint density at radius 2 is 2.10 bits per heavy atom. The van der Waals surface area contributed by atoms with Crippen LogP contribution >= 0.6 is 0 Å². The lowest BCUT2D eigenvalue weighted by molar-refractivity contribution is -0.126. The molecule has 2 rings (SSSR count). The number of carbonyl (C=O) groups excluding carboxylic acids is 2. The summed E-state index contributed by atoms with van der Waals surface area (Å²) in [5, 5.41) is 2.94. The monoisotopic (exact) mass is 291 g/mol. The Labute approximate surface area is 126 Å². The zero-order valence-electron chi connectivity index (χ0n) is 13.3. The van der Waals surface area contributed by atoms with Crippen molar-refractivity contribution in [2.45, 2.75) is 46.6 Å². The fourth-order valence-corrected chi connectivity index (χ4v) is 2.89. The molecule has 1 aromatic heterocycles. The quantitative estimate of drug-likeness (QED) is 0.894. The molecule has 0 bridgehead atoms. The van der Waals surface area contributed by atoms with Crippen LogP contribution in [0.2, 0.25) is 0 Å². The lowest BCUT2D eigenvalue weighted by Gasteiger charge is -2.32. The van der Waals surface area contributed by atoms with Gasteiger partial charge in [-0.1, -0.05) is 0 Å². The first-order chi connectivity index (χ1) is 9.88. The van der Waals surface area contributed by atoms with Crippen LogP contribution in [0.15, 0.2) is 6.07 Å². The largest absolute Gasteiger partial charge is 0.354 e. The summed E-state index contributed by atoms with van der Waals surface area (Å²) in [7, 11) is 0. The standard InChI is InChI=1S/C16H25N3O2/c1-10(2)17-15(20)13-6-5-7-19(9-13)16(21)14-11(3)8-12(4)18-14/h8,10,13,18H,5-7,9H2,1-4H3,(H,17,20)/t13-/m1/s1. The van der Waals surface area contributed by atoms with E-state index in [1.807, 2.05) is 33.8 Å². The molecule has 0 spiro atoms. The van der Waals surface area contributed by atoms with Gasteiger partial charge >= 0.3 is 0 Å². The number of piperidine rings is 1. The lowest BCUT2D eigenvalue weighted by atomic mass is 9.96. The van der Waals surface area contributed by atoms with Gasteiger partial charge in [0, 0.05) is 24.8 Å². The van der Waals surface area contributed by atoms with Gasteiger partial charge in [0.15, 0.2) is 0 Å². The summed E-state index contributed by atoms with van der Waals surface area (Å²) in [4.78, 5) is 29.6. The van der Waals surface area contributed by atoms with E-state index in [1.54, 1.807) is 4.90 Å². The number of rotatable bonds is 3. The van der Waals surface area contributed by atoms with Crippen LogP contribution in [0.25, 0.3) is 0 Å². The minimum atomic E-state index is -0.0959. The highest BCUT2D eigenvalue weighted by molar-refractivity contribution is 5.94. The van der Waals surface area contributed by atoms with Crippen molar-refractivity contribution < 1.29 is 9.59 Å². The van der Waals surface area contributed by atoms with Crippen molar-refractivity contribution in [2.24, 2.45) is 5.92 Å². The van der Waals surface area contributed by atoms with Crippen LogP contribution in [0.3, 0.4) is 0 Å². The molecule has 0 aromatic carbocycles. The van der Waals surface area contributed by atoms with Gasteiger partial charge in [0.1, 0.15) is 5.69 Å². The number of nitrogens with zero attached hydrogens (tertiary/aromatic N) is 1. The molecule has 0 unspecified atom stereocenters. The van der Waals surface area contributed by atoms with Crippen LogP contribution in [0.5, 0.6) is 0 Å². The first-order valence-corrected chi connectivity index (χ1v) is 7.64. The summed E-state index contributed by atoms with van der Waals surface area (Å²) < 4.78 is 0. The molecule has 1 aliphatic heterocycles. The van der Waals surface area contributed by atoms with Crippen molar-refractivity contribution in [3.63, 3.8) is 0 Å². The van der Waals surface area contributed by atoms with E-state index in [9.17, 15) is 9.59 Å². The summed E-state index contributed by atoms with van der Waals surface area (Å²) in [5.74, 6) is -0.0361. The van der Waals surface area contributed by atoms with Crippen molar-refractivity contribution in [1.82, 2.24) is 15.2 Å². The topological polar surface area (TPSA) is 65.2 Å². The van der Waals surface area contributed by atoms with E-state index >= 15 is 0 Å².